The summed E-state index contributed by atoms with van der Waals surface area (Å²) < 4.78 is 0. The average molecular weight is 383 g/mol. The summed E-state index contributed by atoms with van der Waals surface area (Å²) in [5, 5.41) is 9.17. The Morgan fingerprint density at radius 2 is 1.52 bits per heavy atom. The summed E-state index contributed by atoms with van der Waals surface area (Å²) in [5.74, 6) is 1.75. The second-order valence-electron chi connectivity index (χ2n) is 6.03. The van der Waals surface area contributed by atoms with Crippen LogP contribution in [-0.2, 0) is 0 Å². The highest BCUT2D eigenvalue weighted by atomic mass is 16.1. The number of benzene rings is 1. The predicted molar refractivity (Wildman–Crippen MR) is 111 cm³/mol. The lowest BCUT2D eigenvalue weighted by molar-refractivity contribution is 0.102. The largest absolute Gasteiger partial charge is 0.340 e. The molecule has 0 aliphatic carbocycles. The van der Waals surface area contributed by atoms with Crippen molar-refractivity contribution in [2.45, 2.75) is 0 Å². The van der Waals surface area contributed by atoms with Crippen LogP contribution in [0.5, 0.6) is 0 Å². The SMILES string of the molecule is O=C(Nc1ccc(Nc2cc(Nc3ccccn3)ncn2)cc1)c1cccnc1. The molecule has 4 aromatic rings. The van der Waals surface area contributed by atoms with Gasteiger partial charge in [-0.05, 0) is 48.5 Å². The van der Waals surface area contributed by atoms with Gasteiger partial charge in [0.2, 0.25) is 0 Å². The number of pyridine rings is 2. The van der Waals surface area contributed by atoms with Gasteiger partial charge in [-0.2, -0.15) is 0 Å². The number of hydrogen-bond acceptors (Lipinski definition) is 7. The molecule has 29 heavy (non-hydrogen) atoms. The molecule has 0 aliphatic rings. The van der Waals surface area contributed by atoms with E-state index >= 15 is 0 Å². The van der Waals surface area contributed by atoms with E-state index in [9.17, 15) is 4.79 Å². The first-order valence-electron chi connectivity index (χ1n) is 8.85. The second kappa shape index (κ2) is 8.57. The Labute approximate surface area is 167 Å². The molecule has 1 amide bonds. The molecule has 3 heterocycles. The first-order valence-corrected chi connectivity index (χ1v) is 8.85. The molecular formula is C21H17N7O. The molecule has 0 radical (unpaired) electrons. The maximum atomic E-state index is 12.2. The molecule has 142 valence electrons. The number of nitrogens with one attached hydrogen (secondary N) is 3. The van der Waals surface area contributed by atoms with Gasteiger partial charge in [-0.1, -0.05) is 6.07 Å². The zero-order valence-corrected chi connectivity index (χ0v) is 15.3. The molecule has 0 bridgehead atoms. The molecular weight excluding hydrogens is 366 g/mol. The van der Waals surface area contributed by atoms with Crippen molar-refractivity contribution in [2.75, 3.05) is 16.0 Å². The van der Waals surface area contributed by atoms with Gasteiger partial charge in [-0.25, -0.2) is 15.0 Å². The Hall–Kier alpha value is -4.33. The number of anilines is 5. The van der Waals surface area contributed by atoms with E-state index in [-0.39, 0.29) is 5.91 Å². The molecule has 4 rings (SSSR count). The Balaban J connectivity index is 1.40. The molecule has 0 unspecified atom stereocenters. The molecule has 8 nitrogen and oxygen atoms in total. The smallest absolute Gasteiger partial charge is 0.257 e. The normalized spacial score (nSPS) is 10.2. The first-order chi connectivity index (χ1) is 14.3. The summed E-state index contributed by atoms with van der Waals surface area (Å²) in [4.78, 5) is 28.8. The van der Waals surface area contributed by atoms with Gasteiger partial charge >= 0.3 is 0 Å². The van der Waals surface area contributed by atoms with Gasteiger partial charge in [-0.15, -0.1) is 0 Å². The van der Waals surface area contributed by atoms with Gasteiger partial charge in [0.25, 0.3) is 5.91 Å². The number of nitrogens with zero attached hydrogens (tertiary/aromatic N) is 4. The van der Waals surface area contributed by atoms with Crippen molar-refractivity contribution >= 4 is 34.7 Å². The Morgan fingerprint density at radius 3 is 2.24 bits per heavy atom. The van der Waals surface area contributed by atoms with Crippen LogP contribution in [-0.4, -0.2) is 25.8 Å². The zero-order chi connectivity index (χ0) is 19.9. The highest BCUT2D eigenvalue weighted by Gasteiger charge is 2.06. The quantitative estimate of drug-likeness (QED) is 0.462. The minimum Gasteiger partial charge on any atom is -0.340 e. The molecule has 0 saturated heterocycles. The Kier molecular flexibility index (Phi) is 5.34. The maximum absolute atomic E-state index is 12.2. The number of carbonyl (C=O) groups is 1. The molecule has 0 aliphatic heterocycles. The number of carbonyl (C=O) groups excluding carboxylic acids is 1. The monoisotopic (exact) mass is 383 g/mol. The predicted octanol–water partition coefficient (Wildman–Crippen LogP) is 4.01. The van der Waals surface area contributed by atoms with Crippen LogP contribution in [0.15, 0.2) is 85.6 Å². The Morgan fingerprint density at radius 1 is 0.724 bits per heavy atom. The molecule has 0 fully saturated rings. The van der Waals surface area contributed by atoms with Crippen LogP contribution < -0.4 is 16.0 Å². The first kappa shape index (κ1) is 18.1. The highest BCUT2D eigenvalue weighted by Crippen LogP contribution is 2.20. The van der Waals surface area contributed by atoms with Crippen LogP contribution in [0.2, 0.25) is 0 Å². The maximum Gasteiger partial charge on any atom is 0.257 e. The second-order valence-corrected chi connectivity index (χ2v) is 6.03. The van der Waals surface area contributed by atoms with E-state index in [0.29, 0.717) is 28.7 Å². The van der Waals surface area contributed by atoms with E-state index in [1.807, 2.05) is 42.5 Å². The van der Waals surface area contributed by atoms with Crippen molar-refractivity contribution in [3.05, 3.63) is 91.1 Å². The van der Waals surface area contributed by atoms with E-state index in [1.165, 1.54) is 12.5 Å². The topological polar surface area (TPSA) is 105 Å². The van der Waals surface area contributed by atoms with Crippen LogP contribution >= 0.6 is 0 Å². The molecule has 1 aromatic carbocycles. The van der Waals surface area contributed by atoms with Crippen molar-refractivity contribution < 1.29 is 4.79 Å². The molecule has 3 aromatic heterocycles. The summed E-state index contributed by atoms with van der Waals surface area (Å²) >= 11 is 0. The highest BCUT2D eigenvalue weighted by molar-refractivity contribution is 6.04. The van der Waals surface area contributed by atoms with Gasteiger partial charge < -0.3 is 16.0 Å². The molecule has 3 N–H and O–H groups in total. The van der Waals surface area contributed by atoms with Crippen LogP contribution in [0.25, 0.3) is 0 Å². The van der Waals surface area contributed by atoms with Gasteiger partial charge in [-0.3, -0.25) is 9.78 Å². The van der Waals surface area contributed by atoms with E-state index in [0.717, 1.165) is 5.69 Å². The third-order valence-corrected chi connectivity index (χ3v) is 3.93. The summed E-state index contributed by atoms with van der Waals surface area (Å²) in [5.41, 5.74) is 2.01. The van der Waals surface area contributed by atoms with Crippen molar-refractivity contribution in [1.82, 2.24) is 19.9 Å². The summed E-state index contributed by atoms with van der Waals surface area (Å²) in [7, 11) is 0. The van der Waals surface area contributed by atoms with Crippen LogP contribution in [0.3, 0.4) is 0 Å². The van der Waals surface area contributed by atoms with Gasteiger partial charge in [0.05, 0.1) is 5.56 Å². The third kappa shape index (κ3) is 4.89. The molecule has 8 heteroatoms. The standard InChI is InChI=1S/C21H17N7O/c29-21(15-4-3-10-22-13-15)27-17-8-6-16(7-9-17)26-19-12-20(25-14-24-19)28-18-5-1-2-11-23-18/h1-14H,(H,27,29)(H2,23,24,25,26,28). The summed E-state index contributed by atoms with van der Waals surface area (Å²) in [6.45, 7) is 0. The van der Waals surface area contributed by atoms with Crippen molar-refractivity contribution in [1.29, 1.82) is 0 Å². The number of rotatable bonds is 6. The van der Waals surface area contributed by atoms with Crippen LogP contribution in [0, 0.1) is 0 Å². The van der Waals surface area contributed by atoms with Crippen LogP contribution in [0.1, 0.15) is 10.4 Å². The van der Waals surface area contributed by atoms with E-state index < -0.39 is 0 Å². The fraction of sp³-hybridized carbons (Fsp3) is 0. The van der Waals surface area contributed by atoms with Gasteiger partial charge in [0.1, 0.15) is 23.8 Å². The van der Waals surface area contributed by atoms with Crippen LogP contribution in [0.4, 0.5) is 28.8 Å². The minimum atomic E-state index is -0.208. The van der Waals surface area contributed by atoms with Crippen molar-refractivity contribution in [3.8, 4) is 0 Å². The average Bonchev–Trinajstić information content (AvgIpc) is 2.77. The number of aromatic nitrogens is 4. The van der Waals surface area contributed by atoms with Crippen molar-refractivity contribution in [2.24, 2.45) is 0 Å². The van der Waals surface area contributed by atoms with E-state index in [4.69, 9.17) is 0 Å². The summed E-state index contributed by atoms with van der Waals surface area (Å²) in [6.07, 6.45) is 6.33. The van der Waals surface area contributed by atoms with Crippen molar-refractivity contribution in [3.63, 3.8) is 0 Å². The van der Waals surface area contributed by atoms with E-state index in [2.05, 4.69) is 35.9 Å². The minimum absolute atomic E-state index is 0.208. The number of amides is 1. The Bertz CT molecular complexity index is 1090. The molecule has 0 saturated carbocycles. The van der Waals surface area contributed by atoms with E-state index in [1.54, 1.807) is 30.6 Å². The summed E-state index contributed by atoms with van der Waals surface area (Å²) in [6, 6.07) is 18.1. The lowest BCUT2D eigenvalue weighted by Gasteiger charge is -2.09. The zero-order valence-electron chi connectivity index (χ0n) is 15.3. The van der Waals surface area contributed by atoms with Gasteiger partial charge in [0.15, 0.2) is 0 Å². The fourth-order valence-corrected chi connectivity index (χ4v) is 2.55. The van der Waals surface area contributed by atoms with Gasteiger partial charge in [0, 0.05) is 36.0 Å². The molecule has 0 atom stereocenters. The lowest BCUT2D eigenvalue weighted by atomic mass is 10.2. The fourth-order valence-electron chi connectivity index (χ4n) is 2.55. The third-order valence-electron chi connectivity index (χ3n) is 3.93. The lowest BCUT2D eigenvalue weighted by Crippen LogP contribution is -2.11. The molecule has 0 spiro atoms. The number of hydrogen-bond donors (Lipinski definition) is 3.